The molecule has 4 aliphatic rings. The molecule has 2 atom stereocenters. The van der Waals surface area contributed by atoms with E-state index in [4.69, 9.17) is 0 Å². The fourth-order valence-corrected chi connectivity index (χ4v) is 8.87. The van der Waals surface area contributed by atoms with E-state index in [-0.39, 0.29) is 0 Å². The topological polar surface area (TPSA) is 40.5 Å². The lowest BCUT2D eigenvalue weighted by Gasteiger charge is -2.44. The first-order valence-electron chi connectivity index (χ1n) is 16.9. The number of rotatable bonds is 6. The molecule has 2 nitrogen and oxygen atoms in total. The molecule has 0 spiro atoms. The van der Waals surface area contributed by atoms with Gasteiger partial charge in [0, 0.05) is 0 Å². The van der Waals surface area contributed by atoms with Crippen LogP contribution in [0.15, 0.2) is 48.6 Å². The lowest BCUT2D eigenvalue weighted by atomic mass is 9.61. The first-order chi connectivity index (χ1) is 19.9. The van der Waals surface area contributed by atoms with Gasteiger partial charge < -0.3 is 10.2 Å². The second-order valence-corrected chi connectivity index (χ2v) is 14.4. The summed E-state index contributed by atoms with van der Waals surface area (Å²) in [7, 11) is 0. The van der Waals surface area contributed by atoms with Gasteiger partial charge in [0.25, 0.3) is 0 Å². The molecule has 41 heavy (non-hydrogen) atoms. The molecule has 2 heteroatoms. The minimum atomic E-state index is 0.314. The number of phenolic OH excluding ortho intramolecular Hbond substituents is 2. The molecule has 220 valence electrons. The minimum Gasteiger partial charge on any atom is -0.508 e. The van der Waals surface area contributed by atoms with Gasteiger partial charge in [-0.15, -0.1) is 0 Å². The third-order valence-electron chi connectivity index (χ3n) is 11.8. The van der Waals surface area contributed by atoms with Crippen LogP contribution in [0.25, 0.3) is 11.1 Å². The van der Waals surface area contributed by atoms with Crippen molar-refractivity contribution in [1.82, 2.24) is 0 Å². The molecule has 0 aromatic heterocycles. The Labute approximate surface area is 249 Å². The van der Waals surface area contributed by atoms with Gasteiger partial charge in [0.1, 0.15) is 11.5 Å². The van der Waals surface area contributed by atoms with Crippen LogP contribution in [-0.4, -0.2) is 10.2 Å². The molecule has 0 aliphatic heterocycles. The predicted molar refractivity (Wildman–Crippen MR) is 172 cm³/mol. The van der Waals surface area contributed by atoms with Crippen LogP contribution in [0.5, 0.6) is 11.5 Å². The molecule has 4 aliphatic carbocycles. The summed E-state index contributed by atoms with van der Waals surface area (Å²) in [6.07, 6.45) is 24.9. The van der Waals surface area contributed by atoms with E-state index in [1.165, 1.54) is 110 Å². The largest absolute Gasteiger partial charge is 0.508 e. The maximum atomic E-state index is 10.6. The molecule has 0 amide bonds. The van der Waals surface area contributed by atoms with Gasteiger partial charge in [0.05, 0.1) is 0 Å². The number of aromatic hydroxyl groups is 2. The molecule has 2 aromatic rings. The number of hydrogen-bond donors (Lipinski definition) is 2. The summed E-state index contributed by atoms with van der Waals surface area (Å²) in [5.74, 6) is 3.49. The first kappa shape index (κ1) is 28.6. The van der Waals surface area contributed by atoms with E-state index < -0.39 is 0 Å². The SMILES string of the molecule is CC(C)(C1CC=C(c2ccc(O)c(C3CCCCC3)c2)CC1)C1CC=C(c2ccc(O)c(C3CCCCC3)c2)CC1. The summed E-state index contributed by atoms with van der Waals surface area (Å²) < 4.78 is 0. The van der Waals surface area contributed by atoms with Gasteiger partial charge in [-0.05, 0) is 151 Å². The predicted octanol–water partition coefficient (Wildman–Crippen LogP) is 11.3. The van der Waals surface area contributed by atoms with Gasteiger partial charge in [-0.25, -0.2) is 0 Å². The summed E-state index contributed by atoms with van der Waals surface area (Å²) in [6.45, 7) is 5.06. The zero-order valence-corrected chi connectivity index (χ0v) is 25.6. The minimum absolute atomic E-state index is 0.314. The van der Waals surface area contributed by atoms with Crippen molar-refractivity contribution in [2.75, 3.05) is 0 Å². The third kappa shape index (κ3) is 6.18. The molecule has 2 saturated carbocycles. The number of hydrogen-bond acceptors (Lipinski definition) is 2. The van der Waals surface area contributed by atoms with E-state index in [2.05, 4.69) is 50.3 Å². The lowest BCUT2D eigenvalue weighted by Crippen LogP contribution is -2.34. The van der Waals surface area contributed by atoms with Crippen LogP contribution >= 0.6 is 0 Å². The van der Waals surface area contributed by atoms with Crippen molar-refractivity contribution in [3.8, 4) is 11.5 Å². The Morgan fingerprint density at radius 2 is 0.976 bits per heavy atom. The maximum Gasteiger partial charge on any atom is 0.119 e. The van der Waals surface area contributed by atoms with Gasteiger partial charge in [0.2, 0.25) is 0 Å². The molecule has 0 heterocycles. The van der Waals surface area contributed by atoms with E-state index in [9.17, 15) is 10.2 Å². The fourth-order valence-electron chi connectivity index (χ4n) is 8.87. The van der Waals surface area contributed by atoms with Crippen LogP contribution in [0.1, 0.15) is 151 Å². The van der Waals surface area contributed by atoms with Gasteiger partial charge >= 0.3 is 0 Å². The van der Waals surface area contributed by atoms with Crippen molar-refractivity contribution in [3.63, 3.8) is 0 Å². The van der Waals surface area contributed by atoms with Crippen LogP contribution in [0, 0.1) is 17.3 Å². The van der Waals surface area contributed by atoms with Crippen LogP contribution < -0.4 is 0 Å². The average Bonchev–Trinajstić information content (AvgIpc) is 3.02. The fraction of sp³-hybridized carbons (Fsp3) is 0.590. The smallest absolute Gasteiger partial charge is 0.119 e. The molecule has 0 saturated heterocycles. The van der Waals surface area contributed by atoms with E-state index >= 15 is 0 Å². The zero-order chi connectivity index (χ0) is 28.4. The Morgan fingerprint density at radius 1 is 0.561 bits per heavy atom. The lowest BCUT2D eigenvalue weighted by molar-refractivity contribution is 0.0991. The summed E-state index contributed by atoms with van der Waals surface area (Å²) >= 11 is 0. The summed E-state index contributed by atoms with van der Waals surface area (Å²) in [5.41, 5.74) is 8.35. The molecule has 6 rings (SSSR count). The van der Waals surface area contributed by atoms with Crippen LogP contribution in [0.2, 0.25) is 0 Å². The molecule has 2 fully saturated rings. The quantitative estimate of drug-likeness (QED) is 0.374. The van der Waals surface area contributed by atoms with Crippen molar-refractivity contribution >= 4 is 11.1 Å². The highest BCUT2D eigenvalue weighted by Gasteiger charge is 2.38. The first-order valence-corrected chi connectivity index (χ1v) is 16.9. The van der Waals surface area contributed by atoms with Crippen molar-refractivity contribution < 1.29 is 10.2 Å². The third-order valence-corrected chi connectivity index (χ3v) is 11.8. The molecular weight excluding hydrogens is 500 g/mol. The standard InChI is InChI=1S/C39H52O2/c1-39(2,33-19-13-27(14-20-33)31-17-23-37(40)35(25-31)29-9-5-3-6-10-29)34-21-15-28(16-22-34)32-18-24-38(41)36(26-32)30-11-7-4-8-12-30/h13,15,17-18,23-26,29-30,33-34,40-41H,3-12,14,16,19-22H2,1-2H3. The van der Waals surface area contributed by atoms with E-state index in [0.29, 0.717) is 40.6 Å². The van der Waals surface area contributed by atoms with Crippen LogP contribution in [0.3, 0.4) is 0 Å². The van der Waals surface area contributed by atoms with E-state index in [1.54, 1.807) is 0 Å². The number of phenols is 2. The number of allylic oxidation sites excluding steroid dienone is 4. The van der Waals surface area contributed by atoms with Gasteiger partial charge in [-0.2, -0.15) is 0 Å². The Kier molecular flexibility index (Phi) is 8.66. The van der Waals surface area contributed by atoms with Crippen molar-refractivity contribution in [2.45, 2.75) is 128 Å². The van der Waals surface area contributed by atoms with Gasteiger partial charge in [-0.3, -0.25) is 0 Å². The summed E-state index contributed by atoms with van der Waals surface area (Å²) in [5, 5.41) is 21.2. The molecule has 0 bridgehead atoms. The molecule has 0 radical (unpaired) electrons. The van der Waals surface area contributed by atoms with Crippen molar-refractivity contribution in [1.29, 1.82) is 0 Å². The molecule has 2 N–H and O–H groups in total. The second kappa shape index (κ2) is 12.4. The second-order valence-electron chi connectivity index (χ2n) is 14.4. The number of benzene rings is 2. The normalized spacial score (nSPS) is 25.0. The van der Waals surface area contributed by atoms with E-state index in [0.717, 1.165) is 25.7 Å². The van der Waals surface area contributed by atoms with Crippen LogP contribution in [0.4, 0.5) is 0 Å². The van der Waals surface area contributed by atoms with Crippen molar-refractivity contribution in [2.24, 2.45) is 17.3 Å². The van der Waals surface area contributed by atoms with Crippen molar-refractivity contribution in [3.05, 3.63) is 70.8 Å². The summed E-state index contributed by atoms with van der Waals surface area (Å²) in [4.78, 5) is 0. The molecule has 2 aromatic carbocycles. The summed E-state index contributed by atoms with van der Waals surface area (Å²) in [6, 6.07) is 12.8. The highest BCUT2D eigenvalue weighted by Crippen LogP contribution is 2.50. The Balaban J connectivity index is 1.11. The average molecular weight is 553 g/mol. The Morgan fingerprint density at radius 3 is 1.34 bits per heavy atom. The molecule has 2 unspecified atom stereocenters. The maximum absolute atomic E-state index is 10.6. The van der Waals surface area contributed by atoms with Crippen LogP contribution in [-0.2, 0) is 0 Å². The molecular formula is C39H52O2. The highest BCUT2D eigenvalue weighted by atomic mass is 16.3. The Bertz CT molecular complexity index is 1170. The monoisotopic (exact) mass is 552 g/mol. The zero-order valence-electron chi connectivity index (χ0n) is 25.6. The van der Waals surface area contributed by atoms with E-state index in [1.807, 2.05) is 12.1 Å². The van der Waals surface area contributed by atoms with Gasteiger partial charge in [-0.1, -0.05) is 76.7 Å². The highest BCUT2D eigenvalue weighted by molar-refractivity contribution is 5.69. The van der Waals surface area contributed by atoms with Gasteiger partial charge in [0.15, 0.2) is 0 Å². The Hall–Kier alpha value is -2.48.